The summed E-state index contributed by atoms with van der Waals surface area (Å²) >= 11 is 0. The van der Waals surface area contributed by atoms with Crippen molar-refractivity contribution in [2.75, 3.05) is 12.3 Å². The van der Waals surface area contributed by atoms with Gasteiger partial charge in [-0.3, -0.25) is 14.6 Å². The molecule has 6 rings (SSSR count). The van der Waals surface area contributed by atoms with E-state index in [2.05, 4.69) is 26.7 Å². The number of aromatic nitrogens is 2. The van der Waals surface area contributed by atoms with E-state index in [4.69, 9.17) is 5.73 Å². The van der Waals surface area contributed by atoms with Gasteiger partial charge in [-0.05, 0) is 73.8 Å². The fourth-order valence-corrected chi connectivity index (χ4v) is 7.27. The number of nitrogens with one attached hydrogen (secondary N) is 2. The molecule has 4 N–H and O–H groups in total. The number of nitrogen functional groups attached to an aromatic ring is 1. The molecule has 2 saturated carbocycles. The number of carbonyl (C=O) groups excluding carboxylic acids is 2. The number of fused-ring (bicyclic) bond motifs is 2. The highest BCUT2D eigenvalue weighted by molar-refractivity contribution is 5.96. The SMILES string of the molecule is Cc1nc(N)ccc1CNC(=O)[C@]12C[C@H]1CCCN2C(=O)[C@@H](CC1CCCCC1)NCc1ccnc2ccccc12.Cl.Cl. The van der Waals surface area contributed by atoms with E-state index in [1.807, 2.05) is 48.4 Å². The van der Waals surface area contributed by atoms with E-state index in [-0.39, 0.29) is 48.6 Å². The number of hydrogen-bond donors (Lipinski definition) is 3. The third kappa shape index (κ3) is 6.92. The number of likely N-dealkylation sites (tertiary alicyclic amines) is 1. The van der Waals surface area contributed by atoms with Crippen LogP contribution in [0.4, 0.5) is 5.82 Å². The smallest absolute Gasteiger partial charge is 0.246 e. The van der Waals surface area contributed by atoms with Crippen molar-refractivity contribution in [3.63, 3.8) is 0 Å². The Morgan fingerprint density at radius 1 is 1.00 bits per heavy atom. The molecule has 1 aliphatic heterocycles. The molecule has 8 nitrogen and oxygen atoms in total. The summed E-state index contributed by atoms with van der Waals surface area (Å²) in [5.74, 6) is 1.27. The third-order valence-electron chi connectivity index (χ3n) is 9.67. The Morgan fingerprint density at radius 3 is 2.58 bits per heavy atom. The van der Waals surface area contributed by atoms with Crippen LogP contribution in [0.25, 0.3) is 10.9 Å². The normalized spacial score (nSPS) is 22.1. The number of para-hydroxylation sites is 1. The fraction of sp³-hybridized carbons (Fsp3) is 0.515. The second-order valence-corrected chi connectivity index (χ2v) is 12.3. The van der Waals surface area contributed by atoms with Crippen LogP contribution in [-0.4, -0.2) is 44.8 Å². The summed E-state index contributed by atoms with van der Waals surface area (Å²) < 4.78 is 0. The number of carbonyl (C=O) groups is 2. The first-order valence-electron chi connectivity index (χ1n) is 15.3. The zero-order chi connectivity index (χ0) is 28.4. The fourth-order valence-electron chi connectivity index (χ4n) is 7.27. The number of amides is 2. The molecule has 0 spiro atoms. The summed E-state index contributed by atoms with van der Waals surface area (Å²) in [4.78, 5) is 39.0. The van der Waals surface area contributed by atoms with Gasteiger partial charge < -0.3 is 21.3 Å². The number of piperidine rings is 1. The topological polar surface area (TPSA) is 113 Å². The van der Waals surface area contributed by atoms with E-state index >= 15 is 0 Å². The van der Waals surface area contributed by atoms with Crippen LogP contribution in [0.15, 0.2) is 48.7 Å². The number of benzene rings is 1. The molecule has 2 aliphatic carbocycles. The molecule has 232 valence electrons. The van der Waals surface area contributed by atoms with Crippen LogP contribution < -0.4 is 16.4 Å². The predicted octanol–water partition coefficient (Wildman–Crippen LogP) is 5.49. The Balaban J connectivity index is 0.00000212. The Bertz CT molecular complexity index is 1430. The molecule has 2 aromatic heterocycles. The number of halogens is 2. The molecule has 3 fully saturated rings. The van der Waals surface area contributed by atoms with Crippen molar-refractivity contribution >= 4 is 53.3 Å². The minimum Gasteiger partial charge on any atom is -0.384 e. The summed E-state index contributed by atoms with van der Waals surface area (Å²) in [6.45, 7) is 3.51. The molecular weight excluding hydrogens is 583 g/mol. The van der Waals surface area contributed by atoms with Gasteiger partial charge in [-0.25, -0.2) is 4.98 Å². The third-order valence-corrected chi connectivity index (χ3v) is 9.67. The second-order valence-electron chi connectivity index (χ2n) is 12.3. The quantitative estimate of drug-likeness (QED) is 0.289. The van der Waals surface area contributed by atoms with Crippen molar-refractivity contribution in [2.45, 2.75) is 89.4 Å². The van der Waals surface area contributed by atoms with E-state index in [1.54, 1.807) is 6.07 Å². The van der Waals surface area contributed by atoms with Crippen molar-refractivity contribution < 1.29 is 9.59 Å². The van der Waals surface area contributed by atoms with E-state index < -0.39 is 5.54 Å². The zero-order valence-electron chi connectivity index (χ0n) is 24.9. The Labute approximate surface area is 266 Å². The lowest BCUT2D eigenvalue weighted by molar-refractivity contribution is -0.146. The number of hydrogen-bond acceptors (Lipinski definition) is 6. The Hall–Kier alpha value is -2.94. The molecule has 0 radical (unpaired) electrons. The van der Waals surface area contributed by atoms with Crippen LogP contribution in [0.2, 0.25) is 0 Å². The van der Waals surface area contributed by atoms with Gasteiger partial charge in [0.05, 0.1) is 11.6 Å². The van der Waals surface area contributed by atoms with Gasteiger partial charge in [0.1, 0.15) is 11.4 Å². The van der Waals surface area contributed by atoms with Gasteiger partial charge in [0, 0.05) is 36.9 Å². The van der Waals surface area contributed by atoms with Gasteiger partial charge in [-0.15, -0.1) is 24.8 Å². The number of rotatable bonds is 9. The lowest BCUT2D eigenvalue weighted by Gasteiger charge is -2.39. The summed E-state index contributed by atoms with van der Waals surface area (Å²) in [6.07, 6.45) is 11.4. The standard InChI is InChI=1S/C33H42N6O2.2ClH/c1-22-24(13-14-30(34)38-22)20-37-32(41)33-19-26(33)10-7-17-39(33)31(40)29(18-23-8-3-2-4-9-23)36-21-25-15-16-35-28-12-6-5-11-27(25)28;;/h5-6,11-16,23,26,29,36H,2-4,7-10,17-21H2,1H3,(H2,34,38)(H,37,41);2*1H/t26-,29-,33+;;/m1../s1. The van der Waals surface area contributed by atoms with Gasteiger partial charge in [0.15, 0.2) is 0 Å². The van der Waals surface area contributed by atoms with Gasteiger partial charge in [0.2, 0.25) is 11.8 Å². The first-order chi connectivity index (χ1) is 20.0. The average molecular weight is 628 g/mol. The first-order valence-corrected chi connectivity index (χ1v) is 15.3. The van der Waals surface area contributed by atoms with E-state index in [1.165, 1.54) is 32.1 Å². The predicted molar refractivity (Wildman–Crippen MR) is 175 cm³/mol. The van der Waals surface area contributed by atoms with Crippen molar-refractivity contribution in [1.82, 2.24) is 25.5 Å². The lowest BCUT2D eigenvalue weighted by Crippen LogP contribution is -2.59. The van der Waals surface area contributed by atoms with Gasteiger partial charge in [0.25, 0.3) is 0 Å². The zero-order valence-corrected chi connectivity index (χ0v) is 26.5. The number of aryl methyl sites for hydroxylation is 1. The van der Waals surface area contributed by atoms with Crippen LogP contribution in [0.3, 0.4) is 0 Å². The summed E-state index contributed by atoms with van der Waals surface area (Å²) in [5.41, 5.74) is 8.93. The van der Waals surface area contributed by atoms with Gasteiger partial charge >= 0.3 is 0 Å². The Kier molecular flexibility index (Phi) is 10.9. The van der Waals surface area contributed by atoms with E-state index in [0.717, 1.165) is 53.4 Å². The molecule has 43 heavy (non-hydrogen) atoms. The minimum atomic E-state index is -0.736. The molecule has 3 atom stereocenters. The highest BCUT2D eigenvalue weighted by atomic mass is 35.5. The average Bonchev–Trinajstić information content (AvgIpc) is 3.75. The number of nitrogens with zero attached hydrogens (tertiary/aromatic N) is 3. The Morgan fingerprint density at radius 2 is 1.79 bits per heavy atom. The molecular formula is C33H44Cl2N6O2. The van der Waals surface area contributed by atoms with Gasteiger partial charge in [-0.2, -0.15) is 0 Å². The monoisotopic (exact) mass is 626 g/mol. The maximum atomic E-state index is 14.4. The molecule has 0 bridgehead atoms. The van der Waals surface area contributed by atoms with Crippen molar-refractivity contribution in [3.8, 4) is 0 Å². The molecule has 10 heteroatoms. The van der Waals surface area contributed by atoms with Crippen LogP contribution >= 0.6 is 24.8 Å². The number of nitrogens with two attached hydrogens (primary N) is 1. The van der Waals surface area contributed by atoms with Crippen LogP contribution in [0.1, 0.15) is 74.6 Å². The number of anilines is 1. The molecule has 2 amide bonds. The molecule has 3 heterocycles. The molecule has 1 saturated heterocycles. The first kappa shape index (κ1) is 33.0. The molecule has 3 aliphatic rings. The largest absolute Gasteiger partial charge is 0.384 e. The molecule has 3 aromatic rings. The van der Waals surface area contributed by atoms with Crippen LogP contribution in [0, 0.1) is 18.8 Å². The van der Waals surface area contributed by atoms with E-state index in [0.29, 0.717) is 31.4 Å². The maximum Gasteiger partial charge on any atom is 0.246 e. The number of pyridine rings is 2. The van der Waals surface area contributed by atoms with Gasteiger partial charge in [-0.1, -0.05) is 56.4 Å². The summed E-state index contributed by atoms with van der Waals surface area (Å²) in [6, 6.07) is 13.5. The summed E-state index contributed by atoms with van der Waals surface area (Å²) in [7, 11) is 0. The maximum absolute atomic E-state index is 14.4. The lowest BCUT2D eigenvalue weighted by atomic mass is 9.84. The molecule has 0 unspecified atom stereocenters. The van der Waals surface area contributed by atoms with Crippen molar-refractivity contribution in [3.05, 3.63) is 65.5 Å². The highest BCUT2D eigenvalue weighted by Gasteiger charge is 2.66. The van der Waals surface area contributed by atoms with Crippen molar-refractivity contribution in [2.24, 2.45) is 11.8 Å². The van der Waals surface area contributed by atoms with E-state index in [9.17, 15) is 9.59 Å². The summed E-state index contributed by atoms with van der Waals surface area (Å²) in [5, 5.41) is 7.93. The second kappa shape index (κ2) is 14.2. The molecule has 1 aromatic carbocycles. The van der Waals surface area contributed by atoms with Crippen molar-refractivity contribution in [1.29, 1.82) is 0 Å². The minimum absolute atomic E-state index is 0. The van der Waals surface area contributed by atoms with Crippen LogP contribution in [-0.2, 0) is 22.7 Å². The van der Waals surface area contributed by atoms with Crippen LogP contribution in [0.5, 0.6) is 0 Å². The highest BCUT2D eigenvalue weighted by Crippen LogP contribution is 2.54.